The van der Waals surface area contributed by atoms with E-state index in [1.54, 1.807) is 6.07 Å². The molecule has 0 aliphatic carbocycles. The minimum Gasteiger partial charge on any atom is -0.485 e. The summed E-state index contributed by atoms with van der Waals surface area (Å²) in [5, 5.41) is 0. The Bertz CT molecular complexity index is 736. The maximum absolute atomic E-state index is 5.89. The highest BCUT2D eigenvalue weighted by Gasteiger charge is 2.07. The second kappa shape index (κ2) is 7.50. The van der Waals surface area contributed by atoms with Gasteiger partial charge in [-0.25, -0.2) is 0 Å². The van der Waals surface area contributed by atoms with E-state index in [4.69, 9.17) is 16.4 Å². The summed E-state index contributed by atoms with van der Waals surface area (Å²) in [6, 6.07) is 25.5. The van der Waals surface area contributed by atoms with Crippen LogP contribution in [0.3, 0.4) is 0 Å². The Kier molecular flexibility index (Phi) is 4.95. The van der Waals surface area contributed by atoms with Gasteiger partial charge in [-0.05, 0) is 35.7 Å². The highest BCUT2D eigenvalue weighted by molar-refractivity contribution is 5.44. The Balaban J connectivity index is 1.70. The number of ether oxygens (including phenoxy) is 2. The third kappa shape index (κ3) is 4.36. The number of benzene rings is 3. The van der Waals surface area contributed by atoms with Crippen molar-refractivity contribution in [1.82, 2.24) is 0 Å². The van der Waals surface area contributed by atoms with Crippen molar-refractivity contribution < 1.29 is 9.47 Å². The summed E-state index contributed by atoms with van der Waals surface area (Å²) < 4.78 is 11.8. The molecule has 3 aromatic rings. The molecule has 0 heterocycles. The van der Waals surface area contributed by atoms with E-state index < -0.39 is 0 Å². The third-order valence-corrected chi connectivity index (χ3v) is 3.44. The van der Waals surface area contributed by atoms with Gasteiger partial charge in [-0.2, -0.15) is 0 Å². The van der Waals surface area contributed by atoms with E-state index >= 15 is 0 Å². The molecule has 2 radical (unpaired) electrons. The first-order chi connectivity index (χ1) is 11.3. The Morgan fingerprint density at radius 3 is 1.70 bits per heavy atom. The minimum atomic E-state index is 0.478. The molecule has 0 aliphatic rings. The van der Waals surface area contributed by atoms with E-state index in [1.807, 2.05) is 72.8 Å². The Morgan fingerprint density at radius 1 is 0.609 bits per heavy atom. The van der Waals surface area contributed by atoms with E-state index in [-0.39, 0.29) is 0 Å². The molecule has 0 fully saturated rings. The molecule has 0 N–H and O–H groups in total. The molecule has 0 aromatic heterocycles. The Labute approximate surface area is 137 Å². The van der Waals surface area contributed by atoms with Crippen molar-refractivity contribution >= 4 is 0 Å². The van der Waals surface area contributed by atoms with Crippen molar-refractivity contribution in [2.45, 2.75) is 13.2 Å². The summed E-state index contributed by atoms with van der Waals surface area (Å²) in [5.41, 5.74) is 2.86. The quantitative estimate of drug-likeness (QED) is 0.644. The van der Waals surface area contributed by atoms with Crippen molar-refractivity contribution in [2.24, 2.45) is 0 Å². The second-order valence-corrected chi connectivity index (χ2v) is 5.25. The smallest absolute Gasteiger partial charge is 0.161 e. The van der Waals surface area contributed by atoms with Crippen LogP contribution >= 0.6 is 0 Å². The third-order valence-electron chi connectivity index (χ3n) is 3.44. The van der Waals surface area contributed by atoms with Gasteiger partial charge < -0.3 is 9.47 Å². The number of hydrogen-bond donors (Lipinski definition) is 0. The van der Waals surface area contributed by atoms with Gasteiger partial charge in [-0.15, -0.1) is 0 Å². The highest BCUT2D eigenvalue weighted by atomic mass is 16.5. The van der Waals surface area contributed by atoms with E-state index in [1.165, 1.54) is 0 Å². The molecule has 0 aliphatic heterocycles. The fraction of sp³-hybridized carbons (Fsp3) is 0.0952. The van der Waals surface area contributed by atoms with Gasteiger partial charge in [0.2, 0.25) is 0 Å². The molecule has 3 aromatic carbocycles. The van der Waals surface area contributed by atoms with Gasteiger partial charge in [0.25, 0.3) is 0 Å². The van der Waals surface area contributed by atoms with Crippen LogP contribution in [0.4, 0.5) is 0 Å². The van der Waals surface area contributed by atoms with E-state index in [0.717, 1.165) is 11.1 Å². The lowest BCUT2D eigenvalue weighted by Crippen LogP contribution is -2.00. The van der Waals surface area contributed by atoms with Crippen LogP contribution in [0.2, 0.25) is 0 Å². The van der Waals surface area contributed by atoms with Crippen LogP contribution in [0.15, 0.2) is 78.9 Å². The molecular formula is C21H18O2. The molecule has 0 unspecified atom stereocenters. The fourth-order valence-electron chi connectivity index (χ4n) is 2.23. The monoisotopic (exact) mass is 302 g/mol. The molecule has 0 saturated carbocycles. The molecule has 2 nitrogen and oxygen atoms in total. The van der Waals surface area contributed by atoms with Crippen LogP contribution in [0.5, 0.6) is 11.5 Å². The maximum atomic E-state index is 5.89. The van der Waals surface area contributed by atoms with Gasteiger partial charge in [0.15, 0.2) is 11.5 Å². The van der Waals surface area contributed by atoms with Gasteiger partial charge in [-0.3, -0.25) is 0 Å². The largest absolute Gasteiger partial charge is 0.485 e. The lowest BCUT2D eigenvalue weighted by molar-refractivity contribution is 0.256. The molecular weight excluding hydrogens is 284 g/mol. The lowest BCUT2D eigenvalue weighted by atomic mass is 10.2. The average Bonchev–Trinajstić information content (AvgIpc) is 2.61. The molecule has 0 atom stereocenters. The van der Waals surface area contributed by atoms with E-state index in [0.29, 0.717) is 30.3 Å². The first-order valence-corrected chi connectivity index (χ1v) is 7.54. The van der Waals surface area contributed by atoms with Crippen LogP contribution in [0.1, 0.15) is 16.7 Å². The second-order valence-electron chi connectivity index (χ2n) is 5.25. The molecule has 2 heteroatoms. The van der Waals surface area contributed by atoms with Gasteiger partial charge in [0, 0.05) is 0 Å². The summed E-state index contributed by atoms with van der Waals surface area (Å²) in [7, 11) is 0. The van der Waals surface area contributed by atoms with Crippen LogP contribution in [-0.4, -0.2) is 0 Å². The molecule has 0 spiro atoms. The number of hydrogen-bond acceptors (Lipinski definition) is 2. The zero-order valence-corrected chi connectivity index (χ0v) is 12.8. The summed E-state index contributed by atoms with van der Waals surface area (Å²) in [6.07, 6.45) is 0. The van der Waals surface area contributed by atoms with Crippen molar-refractivity contribution in [3.63, 3.8) is 0 Å². The zero-order valence-electron chi connectivity index (χ0n) is 12.8. The maximum Gasteiger partial charge on any atom is 0.161 e. The van der Waals surface area contributed by atoms with Crippen molar-refractivity contribution in [2.75, 3.05) is 0 Å². The van der Waals surface area contributed by atoms with Crippen molar-refractivity contribution in [3.8, 4) is 11.5 Å². The Morgan fingerprint density at radius 2 is 1.13 bits per heavy atom. The van der Waals surface area contributed by atoms with Crippen molar-refractivity contribution in [3.05, 3.63) is 102 Å². The summed E-state index contributed by atoms with van der Waals surface area (Å²) in [4.78, 5) is 0. The SMILES string of the molecule is [CH]c1ccc(OCc2ccccc2)c(OCc2ccccc2)c1. The molecule has 23 heavy (non-hydrogen) atoms. The predicted octanol–water partition coefficient (Wildman–Crippen LogP) is 4.90. The summed E-state index contributed by atoms with van der Waals surface area (Å²) in [6.45, 7) is 6.84. The molecule has 0 amide bonds. The van der Waals surface area contributed by atoms with Crippen LogP contribution < -0.4 is 9.47 Å². The van der Waals surface area contributed by atoms with Crippen LogP contribution in [-0.2, 0) is 13.2 Å². The first kappa shape index (κ1) is 15.2. The zero-order chi connectivity index (χ0) is 15.9. The summed E-state index contributed by atoms with van der Waals surface area (Å²) >= 11 is 0. The fourth-order valence-corrected chi connectivity index (χ4v) is 2.23. The minimum absolute atomic E-state index is 0.478. The predicted molar refractivity (Wildman–Crippen MR) is 91.4 cm³/mol. The standard InChI is InChI=1S/C21H18O2/c1-17-12-13-20(22-15-18-8-4-2-5-9-18)21(14-17)23-16-19-10-6-3-7-11-19/h1-14H,15-16H2. The molecule has 0 bridgehead atoms. The van der Waals surface area contributed by atoms with E-state index in [2.05, 4.69) is 0 Å². The van der Waals surface area contributed by atoms with Crippen molar-refractivity contribution in [1.29, 1.82) is 0 Å². The van der Waals surface area contributed by atoms with Gasteiger partial charge in [-0.1, -0.05) is 66.7 Å². The van der Waals surface area contributed by atoms with Gasteiger partial charge in [0.1, 0.15) is 13.2 Å². The van der Waals surface area contributed by atoms with Gasteiger partial charge >= 0.3 is 0 Å². The number of rotatable bonds is 6. The molecule has 0 saturated heterocycles. The van der Waals surface area contributed by atoms with E-state index in [9.17, 15) is 0 Å². The average molecular weight is 302 g/mol. The molecule has 114 valence electrons. The molecule has 3 rings (SSSR count). The Hall–Kier alpha value is -2.74. The van der Waals surface area contributed by atoms with Crippen LogP contribution in [0.25, 0.3) is 0 Å². The highest BCUT2D eigenvalue weighted by Crippen LogP contribution is 2.29. The topological polar surface area (TPSA) is 18.5 Å². The van der Waals surface area contributed by atoms with Gasteiger partial charge in [0.05, 0.1) is 0 Å². The first-order valence-electron chi connectivity index (χ1n) is 7.54. The lowest BCUT2D eigenvalue weighted by Gasteiger charge is -2.13. The summed E-state index contributed by atoms with van der Waals surface area (Å²) in [5.74, 6) is 1.35. The van der Waals surface area contributed by atoms with Crippen LogP contribution in [0, 0.1) is 6.92 Å². The normalized spacial score (nSPS) is 10.3.